The maximum Gasteiger partial charge on any atom is 0.254 e. The van der Waals surface area contributed by atoms with Gasteiger partial charge >= 0.3 is 0 Å². The van der Waals surface area contributed by atoms with Crippen LogP contribution in [0.2, 0.25) is 0 Å². The normalized spacial score (nSPS) is 22.3. The van der Waals surface area contributed by atoms with Crippen molar-refractivity contribution in [3.8, 4) is 0 Å². The summed E-state index contributed by atoms with van der Waals surface area (Å²) < 4.78 is 0. The molecular weight excluding hydrogens is 394 g/mol. The number of fused-ring (bicyclic) bond motifs is 1. The minimum absolute atomic E-state index is 0.236. The largest absolute Gasteiger partial charge is 0.330 e. The molecule has 0 saturated carbocycles. The molecule has 4 heteroatoms. The van der Waals surface area contributed by atoms with Gasteiger partial charge in [-0.3, -0.25) is 9.69 Å². The molecule has 2 fully saturated rings. The van der Waals surface area contributed by atoms with Gasteiger partial charge in [0.05, 0.1) is 0 Å². The van der Waals surface area contributed by atoms with E-state index in [0.717, 1.165) is 57.7 Å². The van der Waals surface area contributed by atoms with Crippen molar-refractivity contribution in [1.29, 1.82) is 0 Å². The quantitative estimate of drug-likeness (QED) is 0.718. The molecule has 0 aromatic heterocycles. The van der Waals surface area contributed by atoms with Gasteiger partial charge in [-0.05, 0) is 86.0 Å². The Bertz CT molecular complexity index is 924. The van der Waals surface area contributed by atoms with Gasteiger partial charge in [0.25, 0.3) is 5.91 Å². The Morgan fingerprint density at radius 1 is 1.00 bits per heavy atom. The van der Waals surface area contributed by atoms with Gasteiger partial charge in [-0.15, -0.1) is 0 Å². The molecule has 3 aliphatic rings. The van der Waals surface area contributed by atoms with Crippen LogP contribution in [0.5, 0.6) is 0 Å². The third-order valence-corrected chi connectivity index (χ3v) is 7.70. The van der Waals surface area contributed by atoms with Gasteiger partial charge in [0, 0.05) is 31.2 Å². The minimum Gasteiger partial charge on any atom is -0.330 e. The second kappa shape index (κ2) is 9.76. The lowest BCUT2D eigenvalue weighted by molar-refractivity contribution is 0.0674. The highest BCUT2D eigenvalue weighted by atomic mass is 16.2. The van der Waals surface area contributed by atoms with Gasteiger partial charge in [0.2, 0.25) is 0 Å². The summed E-state index contributed by atoms with van der Waals surface area (Å²) in [6.45, 7) is 8.41. The molecule has 32 heavy (non-hydrogen) atoms. The number of carbonyl (C=O) groups is 1. The predicted molar refractivity (Wildman–Crippen MR) is 130 cm³/mol. The van der Waals surface area contributed by atoms with E-state index in [1.807, 2.05) is 0 Å². The first-order chi connectivity index (χ1) is 15.7. The van der Waals surface area contributed by atoms with Crippen LogP contribution in [-0.2, 0) is 19.5 Å². The van der Waals surface area contributed by atoms with Crippen molar-refractivity contribution in [2.45, 2.75) is 70.5 Å². The number of piperidine rings is 2. The number of aryl methyl sites for hydroxylation is 1. The molecule has 0 aliphatic carbocycles. The molecule has 0 radical (unpaired) electrons. The van der Waals surface area contributed by atoms with E-state index < -0.39 is 0 Å². The van der Waals surface area contributed by atoms with Crippen LogP contribution < -0.4 is 5.32 Å². The second-order valence-electron chi connectivity index (χ2n) is 9.97. The maximum absolute atomic E-state index is 12.9. The Morgan fingerprint density at radius 3 is 2.50 bits per heavy atom. The summed E-state index contributed by atoms with van der Waals surface area (Å²) in [5.74, 6) is 0.851. The van der Waals surface area contributed by atoms with Crippen LogP contribution in [-0.4, -0.2) is 47.9 Å². The number of nitrogens with zero attached hydrogens (tertiary/aromatic N) is 2. The molecule has 1 unspecified atom stereocenters. The summed E-state index contributed by atoms with van der Waals surface area (Å²) in [6, 6.07) is 16.2. The van der Waals surface area contributed by atoms with Gasteiger partial charge in [0.1, 0.15) is 0 Å². The van der Waals surface area contributed by atoms with Crippen LogP contribution in [0, 0.1) is 0 Å². The Balaban J connectivity index is 1.17. The van der Waals surface area contributed by atoms with Crippen molar-refractivity contribution in [2.75, 3.05) is 26.2 Å². The Hall–Kier alpha value is -2.17. The van der Waals surface area contributed by atoms with E-state index >= 15 is 0 Å². The van der Waals surface area contributed by atoms with E-state index in [0.29, 0.717) is 12.0 Å². The zero-order valence-corrected chi connectivity index (χ0v) is 19.5. The van der Waals surface area contributed by atoms with Crippen molar-refractivity contribution in [3.05, 3.63) is 70.3 Å². The van der Waals surface area contributed by atoms with E-state index in [2.05, 4.69) is 64.5 Å². The van der Waals surface area contributed by atoms with Gasteiger partial charge in [0.15, 0.2) is 0 Å². The topological polar surface area (TPSA) is 35.6 Å². The van der Waals surface area contributed by atoms with E-state index in [1.54, 1.807) is 0 Å². The smallest absolute Gasteiger partial charge is 0.254 e. The SMILES string of the molecule is CCCc1ccc(CN2CCC(c3ccc4c(c3)CN(C3CCCNC3)C4=O)CC2)cc1. The zero-order valence-electron chi connectivity index (χ0n) is 19.5. The summed E-state index contributed by atoms with van der Waals surface area (Å²) in [5, 5.41) is 3.45. The summed E-state index contributed by atoms with van der Waals surface area (Å²) >= 11 is 0. The summed E-state index contributed by atoms with van der Waals surface area (Å²) in [7, 11) is 0. The Morgan fingerprint density at radius 2 is 1.78 bits per heavy atom. The van der Waals surface area contributed by atoms with Crippen molar-refractivity contribution in [1.82, 2.24) is 15.1 Å². The molecule has 2 saturated heterocycles. The molecule has 170 valence electrons. The molecule has 2 aromatic carbocycles. The predicted octanol–water partition coefficient (Wildman–Crippen LogP) is 4.73. The molecule has 1 amide bonds. The van der Waals surface area contributed by atoms with Crippen LogP contribution >= 0.6 is 0 Å². The lowest BCUT2D eigenvalue weighted by atomic mass is 9.87. The number of benzene rings is 2. The molecule has 0 spiro atoms. The fraction of sp³-hybridized carbons (Fsp3) is 0.536. The fourth-order valence-corrected chi connectivity index (χ4v) is 5.79. The third kappa shape index (κ3) is 4.62. The average Bonchev–Trinajstić information content (AvgIpc) is 3.17. The van der Waals surface area contributed by atoms with Crippen LogP contribution in [0.25, 0.3) is 0 Å². The van der Waals surface area contributed by atoms with E-state index in [1.165, 1.54) is 47.9 Å². The van der Waals surface area contributed by atoms with Gasteiger partial charge in [-0.2, -0.15) is 0 Å². The Labute approximate surface area is 193 Å². The van der Waals surface area contributed by atoms with Crippen molar-refractivity contribution < 1.29 is 4.79 Å². The zero-order chi connectivity index (χ0) is 21.9. The van der Waals surface area contributed by atoms with Gasteiger partial charge < -0.3 is 10.2 Å². The summed E-state index contributed by atoms with van der Waals surface area (Å²) in [6.07, 6.45) is 7.08. The van der Waals surface area contributed by atoms with Crippen LogP contribution in [0.4, 0.5) is 0 Å². The van der Waals surface area contributed by atoms with E-state index in [4.69, 9.17) is 0 Å². The van der Waals surface area contributed by atoms with Crippen molar-refractivity contribution >= 4 is 5.91 Å². The number of likely N-dealkylation sites (tertiary alicyclic amines) is 1. The van der Waals surface area contributed by atoms with Crippen LogP contribution in [0.15, 0.2) is 42.5 Å². The van der Waals surface area contributed by atoms with Crippen LogP contribution in [0.1, 0.15) is 77.6 Å². The lowest BCUT2D eigenvalue weighted by Gasteiger charge is -2.32. The molecule has 1 N–H and O–H groups in total. The molecule has 4 nitrogen and oxygen atoms in total. The number of amides is 1. The van der Waals surface area contributed by atoms with Crippen molar-refractivity contribution in [3.63, 3.8) is 0 Å². The average molecular weight is 432 g/mol. The van der Waals surface area contributed by atoms with E-state index in [9.17, 15) is 4.79 Å². The van der Waals surface area contributed by atoms with Gasteiger partial charge in [-0.1, -0.05) is 49.7 Å². The first kappa shape index (κ1) is 21.7. The monoisotopic (exact) mass is 431 g/mol. The molecular formula is C28H37N3O. The standard InChI is InChI=1S/C28H37N3O/c1-2-4-21-6-8-22(9-7-21)19-30-15-12-23(13-16-30)24-10-11-27-25(17-24)20-31(28(27)32)26-5-3-14-29-18-26/h6-11,17,23,26,29H,2-5,12-16,18-20H2,1H3. The number of carbonyl (C=O) groups excluding carboxylic acids is 1. The number of hydrogen-bond donors (Lipinski definition) is 1. The van der Waals surface area contributed by atoms with E-state index in [-0.39, 0.29) is 5.91 Å². The molecule has 2 aromatic rings. The van der Waals surface area contributed by atoms with Crippen LogP contribution in [0.3, 0.4) is 0 Å². The number of hydrogen-bond acceptors (Lipinski definition) is 3. The maximum atomic E-state index is 12.9. The van der Waals surface area contributed by atoms with Crippen molar-refractivity contribution in [2.24, 2.45) is 0 Å². The highest BCUT2D eigenvalue weighted by Crippen LogP contribution is 2.33. The number of rotatable bonds is 6. The third-order valence-electron chi connectivity index (χ3n) is 7.70. The molecule has 0 bridgehead atoms. The lowest BCUT2D eigenvalue weighted by Crippen LogP contribution is -2.46. The highest BCUT2D eigenvalue weighted by Gasteiger charge is 2.34. The summed E-state index contributed by atoms with van der Waals surface area (Å²) in [4.78, 5) is 17.7. The summed E-state index contributed by atoms with van der Waals surface area (Å²) in [5.41, 5.74) is 6.49. The molecule has 1 atom stereocenters. The fourth-order valence-electron chi connectivity index (χ4n) is 5.79. The first-order valence-corrected chi connectivity index (χ1v) is 12.7. The molecule has 5 rings (SSSR count). The molecule has 3 heterocycles. The first-order valence-electron chi connectivity index (χ1n) is 12.7. The molecule has 3 aliphatic heterocycles. The second-order valence-corrected chi connectivity index (χ2v) is 9.97. The highest BCUT2D eigenvalue weighted by molar-refractivity contribution is 5.98. The van der Waals surface area contributed by atoms with Gasteiger partial charge in [-0.25, -0.2) is 0 Å². The number of nitrogens with one attached hydrogen (secondary N) is 1. The minimum atomic E-state index is 0.236. The Kier molecular flexibility index (Phi) is 6.61.